The Balaban J connectivity index is 1.59. The van der Waals surface area contributed by atoms with E-state index in [0.717, 1.165) is 52.2 Å². The number of para-hydroxylation sites is 1. The molecule has 0 saturated heterocycles. The standard InChI is InChI=1S/C32H33F2N6/c1-6-20-9-8-10-21(7-2)29(20)40-30(24-15-26(33)28(34)31-23(24)11-13-38(31)5)25-18-39(14-12-27(25)37-40)32-35-16-22(17-36-32)19(3)4/h8-11,13,15-17,19H,5-7,12,14,18H2,1-4H3/q+1. The molecule has 204 valence electrons. The van der Waals surface area contributed by atoms with E-state index in [1.807, 2.05) is 17.1 Å². The largest absolute Gasteiger partial charge is 0.336 e. The number of rotatable bonds is 6. The highest BCUT2D eigenvalue weighted by molar-refractivity contribution is 5.84. The summed E-state index contributed by atoms with van der Waals surface area (Å²) < 4.78 is 33.5. The number of hydrogen-bond donors (Lipinski definition) is 0. The van der Waals surface area contributed by atoms with Gasteiger partial charge in [-0.15, -0.1) is 0 Å². The summed E-state index contributed by atoms with van der Waals surface area (Å²) in [5.74, 6) is -0.819. The van der Waals surface area contributed by atoms with E-state index in [0.29, 0.717) is 42.5 Å². The van der Waals surface area contributed by atoms with Gasteiger partial charge in [0.05, 0.1) is 22.6 Å². The fourth-order valence-electron chi connectivity index (χ4n) is 5.77. The van der Waals surface area contributed by atoms with Gasteiger partial charge >= 0.3 is 0 Å². The van der Waals surface area contributed by atoms with Crippen LogP contribution < -0.4 is 4.90 Å². The zero-order valence-electron chi connectivity index (χ0n) is 23.4. The van der Waals surface area contributed by atoms with Crippen LogP contribution in [0.25, 0.3) is 23.0 Å². The molecule has 8 heteroatoms. The quantitative estimate of drug-likeness (QED) is 0.255. The fraction of sp³-hybridized carbons (Fsp3) is 0.312. The second-order valence-corrected chi connectivity index (χ2v) is 10.7. The van der Waals surface area contributed by atoms with Crippen molar-refractivity contribution in [2.45, 2.75) is 59.4 Å². The summed E-state index contributed by atoms with van der Waals surface area (Å²) in [7, 11) is 0. The third-order valence-electron chi connectivity index (χ3n) is 8.02. The van der Waals surface area contributed by atoms with Gasteiger partial charge in [-0.1, -0.05) is 45.9 Å². The van der Waals surface area contributed by atoms with Crippen molar-refractivity contribution in [3.05, 3.63) is 88.0 Å². The van der Waals surface area contributed by atoms with E-state index in [1.54, 1.807) is 12.3 Å². The van der Waals surface area contributed by atoms with E-state index in [1.165, 1.54) is 10.6 Å². The minimum absolute atomic E-state index is 0.135. The lowest BCUT2D eigenvalue weighted by Crippen LogP contribution is -2.31. The van der Waals surface area contributed by atoms with Gasteiger partial charge in [-0.05, 0) is 41.5 Å². The molecule has 0 unspecified atom stereocenters. The highest BCUT2D eigenvalue weighted by Crippen LogP contribution is 2.43. The molecule has 0 atom stereocenters. The van der Waals surface area contributed by atoms with Crippen LogP contribution >= 0.6 is 0 Å². The molecule has 0 spiro atoms. The van der Waals surface area contributed by atoms with Crippen LogP contribution in [0.3, 0.4) is 0 Å². The van der Waals surface area contributed by atoms with Gasteiger partial charge in [0.25, 0.3) is 5.69 Å². The van der Waals surface area contributed by atoms with Crippen molar-refractivity contribution >= 4 is 24.4 Å². The molecule has 6 nitrogen and oxygen atoms in total. The first-order chi connectivity index (χ1) is 19.3. The highest BCUT2D eigenvalue weighted by Gasteiger charge is 2.35. The van der Waals surface area contributed by atoms with E-state index < -0.39 is 11.6 Å². The highest BCUT2D eigenvalue weighted by atomic mass is 19.2. The Morgan fingerprint density at radius 3 is 2.42 bits per heavy atom. The van der Waals surface area contributed by atoms with Gasteiger partial charge in [-0.3, -0.25) is 0 Å². The van der Waals surface area contributed by atoms with Gasteiger partial charge in [0, 0.05) is 49.1 Å². The smallest absolute Gasteiger partial charge is 0.257 e. The average molecular weight is 540 g/mol. The van der Waals surface area contributed by atoms with Crippen molar-refractivity contribution < 1.29 is 13.4 Å². The predicted octanol–water partition coefficient (Wildman–Crippen LogP) is 6.75. The van der Waals surface area contributed by atoms with Crippen molar-refractivity contribution in [1.82, 2.24) is 19.7 Å². The van der Waals surface area contributed by atoms with Crippen molar-refractivity contribution in [3.8, 4) is 16.9 Å². The SMILES string of the molecule is C=[N+]1C=Cc2c(-c3c4c(nn3-c3c(CC)cccc3CC)CCN(c3ncc(C(C)C)cn3)C4)cc(F)c(F)c21. The van der Waals surface area contributed by atoms with Gasteiger partial charge in [-0.2, -0.15) is 14.1 Å². The maximum atomic E-state index is 15.2. The lowest BCUT2D eigenvalue weighted by molar-refractivity contribution is -0.347. The molecule has 0 N–H and O–H groups in total. The number of aryl methyl sites for hydroxylation is 2. The Hall–Kier alpha value is -4.20. The van der Waals surface area contributed by atoms with Crippen LogP contribution in [0.1, 0.15) is 67.1 Å². The summed E-state index contributed by atoms with van der Waals surface area (Å²) in [6.45, 7) is 13.6. The molecule has 4 aromatic rings. The minimum Gasteiger partial charge on any atom is -0.336 e. The molecule has 0 saturated carbocycles. The fourth-order valence-corrected chi connectivity index (χ4v) is 5.77. The molecule has 0 fully saturated rings. The van der Waals surface area contributed by atoms with Crippen molar-refractivity contribution in [2.75, 3.05) is 11.4 Å². The topological polar surface area (TPSA) is 49.9 Å². The molecule has 2 aromatic heterocycles. The molecule has 0 bridgehead atoms. The van der Waals surface area contributed by atoms with Crippen LogP contribution in [-0.2, 0) is 25.8 Å². The number of fused-ring (bicyclic) bond motifs is 2. The van der Waals surface area contributed by atoms with Crippen LogP contribution in [0, 0.1) is 11.6 Å². The molecular formula is C32H33F2N6+. The van der Waals surface area contributed by atoms with Crippen LogP contribution in [0.5, 0.6) is 0 Å². The summed E-state index contributed by atoms with van der Waals surface area (Å²) in [6.07, 6.45) is 9.54. The molecule has 2 aliphatic heterocycles. The zero-order valence-corrected chi connectivity index (χ0v) is 23.4. The number of anilines is 1. The maximum absolute atomic E-state index is 15.2. The molecule has 4 heterocycles. The van der Waals surface area contributed by atoms with Gasteiger partial charge in [0.1, 0.15) is 6.72 Å². The Kier molecular flexibility index (Phi) is 6.56. The molecule has 2 aliphatic rings. The third kappa shape index (κ3) is 4.13. The van der Waals surface area contributed by atoms with Crippen LogP contribution in [0.15, 0.2) is 42.9 Å². The Morgan fingerprint density at radius 1 is 1.07 bits per heavy atom. The second kappa shape index (κ2) is 10.1. The van der Waals surface area contributed by atoms with Gasteiger partial charge in [0.15, 0.2) is 12.0 Å². The average Bonchev–Trinajstić information content (AvgIpc) is 3.54. The van der Waals surface area contributed by atoms with E-state index in [-0.39, 0.29) is 5.69 Å². The molecule has 6 rings (SSSR count). The first kappa shape index (κ1) is 26.0. The Labute approximate surface area is 233 Å². The van der Waals surface area contributed by atoms with Gasteiger partial charge in [0.2, 0.25) is 11.8 Å². The van der Waals surface area contributed by atoms with E-state index >= 15 is 8.78 Å². The lowest BCUT2D eigenvalue weighted by Gasteiger charge is -2.27. The van der Waals surface area contributed by atoms with E-state index in [9.17, 15) is 0 Å². The first-order valence-electron chi connectivity index (χ1n) is 13.9. The first-order valence-corrected chi connectivity index (χ1v) is 13.9. The monoisotopic (exact) mass is 539 g/mol. The summed E-state index contributed by atoms with van der Waals surface area (Å²) in [4.78, 5) is 11.5. The Morgan fingerprint density at radius 2 is 1.77 bits per heavy atom. The summed E-state index contributed by atoms with van der Waals surface area (Å²) in [5, 5.41) is 5.16. The number of benzene rings is 2. The third-order valence-corrected chi connectivity index (χ3v) is 8.02. The number of halogens is 2. The van der Waals surface area contributed by atoms with Crippen molar-refractivity contribution in [1.29, 1.82) is 0 Å². The summed E-state index contributed by atoms with van der Waals surface area (Å²) >= 11 is 0. The molecule has 40 heavy (non-hydrogen) atoms. The molecule has 0 aliphatic carbocycles. The second-order valence-electron chi connectivity index (χ2n) is 10.7. The minimum atomic E-state index is -0.910. The molecular weight excluding hydrogens is 506 g/mol. The molecule has 0 amide bonds. The summed E-state index contributed by atoms with van der Waals surface area (Å²) in [6, 6.07) is 7.60. The van der Waals surface area contributed by atoms with E-state index in [2.05, 4.69) is 67.5 Å². The van der Waals surface area contributed by atoms with Crippen LogP contribution in [0.4, 0.5) is 20.4 Å². The Bertz CT molecular complexity index is 1640. The van der Waals surface area contributed by atoms with Gasteiger partial charge in [-0.25, -0.2) is 19.0 Å². The van der Waals surface area contributed by atoms with Crippen molar-refractivity contribution in [3.63, 3.8) is 0 Å². The van der Waals surface area contributed by atoms with Crippen LogP contribution in [-0.4, -0.2) is 37.6 Å². The number of aromatic nitrogens is 4. The predicted molar refractivity (Wildman–Crippen MR) is 155 cm³/mol. The van der Waals surface area contributed by atoms with Crippen LogP contribution in [0.2, 0.25) is 0 Å². The normalized spacial score (nSPS) is 14.3. The van der Waals surface area contributed by atoms with Crippen molar-refractivity contribution in [2.24, 2.45) is 0 Å². The molecule has 2 aromatic carbocycles. The summed E-state index contributed by atoms with van der Waals surface area (Å²) in [5.41, 5.74) is 8.41. The van der Waals surface area contributed by atoms with E-state index in [4.69, 9.17) is 5.10 Å². The number of hydrogen-bond acceptors (Lipinski definition) is 4. The lowest BCUT2D eigenvalue weighted by atomic mass is 9.95. The zero-order chi connectivity index (χ0) is 28.1. The number of nitrogens with zero attached hydrogens (tertiary/aromatic N) is 6. The van der Waals surface area contributed by atoms with Gasteiger partial charge < -0.3 is 4.90 Å². The molecule has 0 radical (unpaired) electrons. The maximum Gasteiger partial charge on any atom is 0.257 e.